The molecule has 0 aliphatic heterocycles. The summed E-state index contributed by atoms with van der Waals surface area (Å²) in [6, 6.07) is 6.31. The van der Waals surface area contributed by atoms with E-state index in [-0.39, 0.29) is 11.6 Å². The summed E-state index contributed by atoms with van der Waals surface area (Å²) in [4.78, 5) is 18.0. The normalized spacial score (nSPS) is 15.4. The van der Waals surface area contributed by atoms with E-state index in [1.165, 1.54) is 61.3 Å². The van der Waals surface area contributed by atoms with Crippen LogP contribution >= 0.6 is 23.1 Å². The summed E-state index contributed by atoms with van der Waals surface area (Å²) in [6.45, 7) is 1.43. The molecule has 1 fully saturated rings. The molecular formula is C18H21FN2OS2. The number of rotatable bonds is 5. The lowest BCUT2D eigenvalue weighted by Crippen LogP contribution is -2.23. The summed E-state index contributed by atoms with van der Waals surface area (Å²) in [5.74, 6) is 0.200. The maximum absolute atomic E-state index is 14.1. The highest BCUT2D eigenvalue weighted by Crippen LogP contribution is 2.34. The SMILES string of the molecule is CC(=O)N(c1nc(CSC2CCCCC2)cs1)c1ccccc1F. The van der Waals surface area contributed by atoms with Crippen LogP contribution in [0, 0.1) is 5.82 Å². The predicted octanol–water partition coefficient (Wildman–Crippen LogP) is 5.53. The second kappa shape index (κ2) is 8.12. The Morgan fingerprint density at radius 3 is 2.79 bits per heavy atom. The van der Waals surface area contributed by atoms with Gasteiger partial charge in [-0.25, -0.2) is 9.37 Å². The van der Waals surface area contributed by atoms with Crippen LogP contribution in [0.1, 0.15) is 44.7 Å². The summed E-state index contributed by atoms with van der Waals surface area (Å²) in [5.41, 5.74) is 1.22. The van der Waals surface area contributed by atoms with Gasteiger partial charge in [0.15, 0.2) is 5.13 Å². The molecule has 1 aromatic carbocycles. The lowest BCUT2D eigenvalue weighted by molar-refractivity contribution is -0.115. The van der Waals surface area contributed by atoms with Crippen LogP contribution in [0.5, 0.6) is 0 Å². The number of thioether (sulfide) groups is 1. The molecule has 0 saturated heterocycles. The van der Waals surface area contributed by atoms with Gasteiger partial charge in [0, 0.05) is 23.3 Å². The van der Waals surface area contributed by atoms with Crippen LogP contribution in [0.15, 0.2) is 29.6 Å². The predicted molar refractivity (Wildman–Crippen MR) is 99.5 cm³/mol. The van der Waals surface area contributed by atoms with E-state index in [0.29, 0.717) is 5.13 Å². The molecule has 2 aromatic rings. The zero-order chi connectivity index (χ0) is 16.9. The van der Waals surface area contributed by atoms with Crippen LogP contribution in [-0.4, -0.2) is 16.1 Å². The van der Waals surface area contributed by atoms with Crippen molar-refractivity contribution in [3.05, 3.63) is 41.2 Å². The molecule has 0 unspecified atom stereocenters. The third kappa shape index (κ3) is 4.16. The summed E-state index contributed by atoms with van der Waals surface area (Å²) >= 11 is 3.34. The van der Waals surface area contributed by atoms with E-state index >= 15 is 0 Å². The van der Waals surface area contributed by atoms with Gasteiger partial charge in [-0.15, -0.1) is 11.3 Å². The Morgan fingerprint density at radius 1 is 1.33 bits per heavy atom. The Kier molecular flexibility index (Phi) is 5.89. The molecule has 24 heavy (non-hydrogen) atoms. The summed E-state index contributed by atoms with van der Waals surface area (Å²) in [6.07, 6.45) is 6.58. The zero-order valence-corrected chi connectivity index (χ0v) is 15.3. The number of anilines is 2. The Labute approximate surface area is 150 Å². The number of carbonyl (C=O) groups excluding carboxylic acids is 1. The third-order valence-corrected chi connectivity index (χ3v) is 6.44. The van der Waals surface area contributed by atoms with E-state index < -0.39 is 5.82 Å². The number of carbonyl (C=O) groups is 1. The fraction of sp³-hybridized carbons (Fsp3) is 0.444. The maximum Gasteiger partial charge on any atom is 0.230 e. The van der Waals surface area contributed by atoms with Crippen LogP contribution in [-0.2, 0) is 10.5 Å². The second-order valence-corrected chi connectivity index (χ2v) is 8.12. The first-order valence-corrected chi connectivity index (χ1v) is 10.2. The first-order valence-electron chi connectivity index (χ1n) is 8.26. The quantitative estimate of drug-likeness (QED) is 0.699. The van der Waals surface area contributed by atoms with Gasteiger partial charge < -0.3 is 0 Å². The van der Waals surface area contributed by atoms with Crippen LogP contribution in [0.25, 0.3) is 0 Å². The number of thiazole rings is 1. The van der Waals surface area contributed by atoms with Gasteiger partial charge in [-0.3, -0.25) is 9.69 Å². The minimum atomic E-state index is -0.416. The smallest absolute Gasteiger partial charge is 0.230 e. The number of halogens is 1. The van der Waals surface area contributed by atoms with Gasteiger partial charge in [-0.05, 0) is 25.0 Å². The number of amides is 1. The van der Waals surface area contributed by atoms with Gasteiger partial charge in [0.05, 0.1) is 11.4 Å². The average Bonchev–Trinajstić information content (AvgIpc) is 3.04. The Morgan fingerprint density at radius 2 is 2.08 bits per heavy atom. The van der Waals surface area contributed by atoms with E-state index in [0.717, 1.165) is 16.7 Å². The fourth-order valence-corrected chi connectivity index (χ4v) is 5.15. The fourth-order valence-electron chi connectivity index (χ4n) is 2.94. The van der Waals surface area contributed by atoms with Gasteiger partial charge in [0.25, 0.3) is 0 Å². The Hall–Kier alpha value is -1.40. The molecule has 3 nitrogen and oxygen atoms in total. The van der Waals surface area contributed by atoms with Gasteiger partial charge in [-0.2, -0.15) is 11.8 Å². The minimum absolute atomic E-state index is 0.235. The molecule has 1 aliphatic rings. The van der Waals surface area contributed by atoms with Crippen molar-refractivity contribution < 1.29 is 9.18 Å². The van der Waals surface area contributed by atoms with E-state index in [9.17, 15) is 9.18 Å². The van der Waals surface area contributed by atoms with Crippen molar-refractivity contribution in [3.63, 3.8) is 0 Å². The van der Waals surface area contributed by atoms with E-state index in [1.807, 2.05) is 17.1 Å². The van der Waals surface area contributed by atoms with Crippen molar-refractivity contribution in [2.24, 2.45) is 0 Å². The van der Waals surface area contributed by atoms with Crippen LogP contribution in [0.3, 0.4) is 0 Å². The topological polar surface area (TPSA) is 33.2 Å². The minimum Gasteiger partial charge on any atom is -0.274 e. The van der Waals surface area contributed by atoms with Gasteiger partial charge in [-0.1, -0.05) is 31.4 Å². The molecule has 0 radical (unpaired) electrons. The van der Waals surface area contributed by atoms with Crippen molar-refractivity contribution in [2.45, 2.75) is 50.0 Å². The standard InChI is InChI=1S/C18H21FN2OS2/c1-13(22)21(17-10-6-5-9-16(17)19)18-20-14(12-24-18)11-23-15-7-3-2-4-8-15/h5-6,9-10,12,15H,2-4,7-8,11H2,1H3. The molecule has 1 heterocycles. The van der Waals surface area contributed by atoms with Crippen molar-refractivity contribution in [1.29, 1.82) is 0 Å². The highest BCUT2D eigenvalue weighted by molar-refractivity contribution is 7.99. The molecule has 0 N–H and O–H groups in total. The molecule has 0 bridgehead atoms. The molecule has 1 saturated carbocycles. The van der Waals surface area contributed by atoms with Gasteiger partial charge in [0.1, 0.15) is 5.82 Å². The van der Waals surface area contributed by atoms with Gasteiger partial charge >= 0.3 is 0 Å². The summed E-state index contributed by atoms with van der Waals surface area (Å²) in [5, 5.41) is 3.23. The molecule has 128 valence electrons. The van der Waals surface area contributed by atoms with E-state index in [4.69, 9.17) is 0 Å². The van der Waals surface area contributed by atoms with Gasteiger partial charge in [0.2, 0.25) is 5.91 Å². The highest BCUT2D eigenvalue weighted by atomic mass is 32.2. The lowest BCUT2D eigenvalue weighted by Gasteiger charge is -2.20. The number of aromatic nitrogens is 1. The van der Waals surface area contributed by atoms with Crippen LogP contribution in [0.4, 0.5) is 15.2 Å². The van der Waals surface area contributed by atoms with Crippen LogP contribution in [0.2, 0.25) is 0 Å². The van der Waals surface area contributed by atoms with E-state index in [2.05, 4.69) is 4.98 Å². The van der Waals surface area contributed by atoms with Crippen molar-refractivity contribution in [1.82, 2.24) is 4.98 Å². The molecule has 1 aliphatic carbocycles. The summed E-state index contributed by atoms with van der Waals surface area (Å²) in [7, 11) is 0. The highest BCUT2D eigenvalue weighted by Gasteiger charge is 2.21. The average molecular weight is 365 g/mol. The number of benzene rings is 1. The molecule has 0 spiro atoms. The molecular weight excluding hydrogens is 343 g/mol. The first-order chi connectivity index (χ1) is 11.6. The maximum atomic E-state index is 14.1. The Bertz CT molecular complexity index is 698. The zero-order valence-electron chi connectivity index (χ0n) is 13.7. The summed E-state index contributed by atoms with van der Waals surface area (Å²) < 4.78 is 14.1. The monoisotopic (exact) mass is 364 g/mol. The first kappa shape index (κ1) is 17.4. The van der Waals surface area contributed by atoms with Crippen molar-refractivity contribution >= 4 is 39.8 Å². The number of nitrogens with zero attached hydrogens (tertiary/aromatic N) is 2. The van der Waals surface area contributed by atoms with Crippen molar-refractivity contribution in [2.75, 3.05) is 4.90 Å². The number of hydrogen-bond acceptors (Lipinski definition) is 4. The van der Waals surface area contributed by atoms with Crippen molar-refractivity contribution in [3.8, 4) is 0 Å². The second-order valence-electron chi connectivity index (χ2n) is 6.00. The largest absolute Gasteiger partial charge is 0.274 e. The molecule has 1 aromatic heterocycles. The molecule has 0 atom stereocenters. The number of hydrogen-bond donors (Lipinski definition) is 0. The molecule has 3 rings (SSSR count). The number of para-hydroxylation sites is 1. The molecule has 1 amide bonds. The third-order valence-electron chi connectivity index (χ3n) is 4.16. The lowest BCUT2D eigenvalue weighted by atomic mass is 10.0. The van der Waals surface area contributed by atoms with Crippen LogP contribution < -0.4 is 4.90 Å². The van der Waals surface area contributed by atoms with E-state index in [1.54, 1.807) is 18.2 Å². The Balaban J connectivity index is 1.72. The molecule has 6 heteroatoms.